The topological polar surface area (TPSA) is 136 Å². The van der Waals surface area contributed by atoms with Gasteiger partial charge < -0.3 is 5.11 Å². The number of hydrogen-bond acceptors (Lipinski definition) is 5. The Kier molecular flexibility index (Phi) is 2.39. The standard InChI is InChI=1S/C5H4N4O4S/c6-2-8-14(12,13)4-3(5(10)11)1-7-9-4/h1,8H,(H,7,9)(H,10,11). The number of carbonyl (C=O) groups is 1. The number of nitrogens with one attached hydrogen (secondary N) is 2. The van der Waals surface area contributed by atoms with Crippen molar-refractivity contribution in [2.45, 2.75) is 5.03 Å². The van der Waals surface area contributed by atoms with E-state index in [-0.39, 0.29) is 0 Å². The van der Waals surface area contributed by atoms with Gasteiger partial charge in [0.15, 0.2) is 11.2 Å². The van der Waals surface area contributed by atoms with Crippen molar-refractivity contribution in [3.8, 4) is 6.19 Å². The average molecular weight is 216 g/mol. The summed E-state index contributed by atoms with van der Waals surface area (Å²) in [6, 6.07) is 0. The van der Waals surface area contributed by atoms with E-state index in [9.17, 15) is 13.2 Å². The smallest absolute Gasteiger partial charge is 0.340 e. The predicted octanol–water partition coefficient (Wildman–Crippen LogP) is -1.13. The van der Waals surface area contributed by atoms with Gasteiger partial charge >= 0.3 is 5.97 Å². The first kappa shape index (κ1) is 10.0. The lowest BCUT2D eigenvalue weighted by Crippen LogP contribution is -2.20. The van der Waals surface area contributed by atoms with E-state index in [0.717, 1.165) is 6.20 Å². The number of aromatic nitrogens is 2. The van der Waals surface area contributed by atoms with Crippen molar-refractivity contribution < 1.29 is 18.3 Å². The normalized spacial score (nSPS) is 10.5. The highest BCUT2D eigenvalue weighted by Crippen LogP contribution is 2.10. The van der Waals surface area contributed by atoms with Gasteiger partial charge in [-0.2, -0.15) is 18.8 Å². The van der Waals surface area contributed by atoms with Crippen molar-refractivity contribution in [3.63, 3.8) is 0 Å². The Morgan fingerprint density at radius 1 is 1.71 bits per heavy atom. The Labute approximate surface area is 78.2 Å². The maximum Gasteiger partial charge on any atom is 0.340 e. The Bertz CT molecular complexity index is 496. The zero-order valence-corrected chi connectivity index (χ0v) is 7.37. The maximum absolute atomic E-state index is 11.2. The molecule has 0 aliphatic heterocycles. The Hall–Kier alpha value is -2.08. The van der Waals surface area contributed by atoms with E-state index in [2.05, 4.69) is 5.10 Å². The minimum atomic E-state index is -4.15. The van der Waals surface area contributed by atoms with Crippen molar-refractivity contribution in [1.29, 1.82) is 5.26 Å². The highest BCUT2D eigenvalue weighted by Gasteiger charge is 2.24. The van der Waals surface area contributed by atoms with Crippen molar-refractivity contribution in [3.05, 3.63) is 11.8 Å². The van der Waals surface area contributed by atoms with Gasteiger partial charge in [0, 0.05) is 0 Å². The van der Waals surface area contributed by atoms with Crippen LogP contribution >= 0.6 is 0 Å². The molecule has 0 aliphatic carbocycles. The van der Waals surface area contributed by atoms with Gasteiger partial charge in [0.05, 0.1) is 6.20 Å². The number of aromatic carboxylic acids is 1. The molecule has 8 nitrogen and oxygen atoms in total. The molecule has 9 heteroatoms. The number of nitriles is 1. The fourth-order valence-corrected chi connectivity index (χ4v) is 1.57. The zero-order chi connectivity index (χ0) is 10.8. The van der Waals surface area contributed by atoms with Crippen LogP contribution in [0.25, 0.3) is 0 Å². The summed E-state index contributed by atoms with van der Waals surface area (Å²) >= 11 is 0. The second-order valence-corrected chi connectivity index (χ2v) is 3.75. The molecule has 0 spiro atoms. The molecule has 0 bridgehead atoms. The highest BCUT2D eigenvalue weighted by molar-refractivity contribution is 7.89. The van der Waals surface area contributed by atoms with Gasteiger partial charge in [-0.1, -0.05) is 0 Å². The van der Waals surface area contributed by atoms with E-state index in [4.69, 9.17) is 10.4 Å². The van der Waals surface area contributed by atoms with E-state index < -0.39 is 26.6 Å². The van der Waals surface area contributed by atoms with Crippen molar-refractivity contribution >= 4 is 16.0 Å². The molecule has 0 unspecified atom stereocenters. The number of aromatic amines is 1. The van der Waals surface area contributed by atoms with E-state index in [1.807, 2.05) is 5.10 Å². The minimum absolute atomic E-state index is 0.521. The van der Waals surface area contributed by atoms with Gasteiger partial charge in [-0.15, -0.1) is 0 Å². The Morgan fingerprint density at radius 2 is 2.36 bits per heavy atom. The molecule has 0 aromatic carbocycles. The summed E-state index contributed by atoms with van der Waals surface area (Å²) in [5.74, 6) is -1.45. The second kappa shape index (κ2) is 3.35. The van der Waals surface area contributed by atoms with Crippen LogP contribution in [0.4, 0.5) is 0 Å². The Morgan fingerprint density at radius 3 is 2.86 bits per heavy atom. The lowest BCUT2D eigenvalue weighted by Gasteiger charge is -1.97. The number of carboxylic acids is 1. The van der Waals surface area contributed by atoms with Crippen molar-refractivity contribution in [1.82, 2.24) is 14.9 Å². The third kappa shape index (κ3) is 1.64. The van der Waals surface area contributed by atoms with E-state index in [1.165, 1.54) is 10.9 Å². The van der Waals surface area contributed by atoms with E-state index in [0.29, 0.717) is 0 Å². The third-order valence-electron chi connectivity index (χ3n) is 1.28. The summed E-state index contributed by atoms with van der Waals surface area (Å²) < 4.78 is 23.8. The van der Waals surface area contributed by atoms with Crippen LogP contribution < -0.4 is 4.72 Å². The lowest BCUT2D eigenvalue weighted by atomic mass is 10.4. The average Bonchev–Trinajstić information content (AvgIpc) is 2.51. The molecule has 0 saturated heterocycles. The summed E-state index contributed by atoms with van der Waals surface area (Å²) in [5, 5.41) is 21.2. The molecular formula is C5H4N4O4S. The van der Waals surface area contributed by atoms with Crippen LogP contribution in [0.15, 0.2) is 11.2 Å². The molecule has 3 N–H and O–H groups in total. The molecule has 0 atom stereocenters. The van der Waals surface area contributed by atoms with Gasteiger partial charge in [-0.3, -0.25) is 5.10 Å². The van der Waals surface area contributed by atoms with Crippen LogP contribution in [-0.4, -0.2) is 29.7 Å². The number of sulfonamides is 1. The van der Waals surface area contributed by atoms with Crippen LogP contribution in [0.2, 0.25) is 0 Å². The highest BCUT2D eigenvalue weighted by atomic mass is 32.2. The van der Waals surface area contributed by atoms with Gasteiger partial charge in [-0.25, -0.2) is 9.52 Å². The zero-order valence-electron chi connectivity index (χ0n) is 6.55. The van der Waals surface area contributed by atoms with E-state index >= 15 is 0 Å². The maximum atomic E-state index is 11.2. The fourth-order valence-electron chi connectivity index (χ4n) is 0.743. The molecule has 0 aliphatic rings. The summed E-state index contributed by atoms with van der Waals surface area (Å²) in [5.41, 5.74) is -0.521. The molecule has 0 amide bonds. The summed E-state index contributed by atoms with van der Waals surface area (Å²) in [6.07, 6.45) is 2.03. The number of rotatable bonds is 3. The van der Waals surface area contributed by atoms with Gasteiger partial charge in [-0.05, 0) is 0 Å². The molecule has 1 heterocycles. The first-order valence-electron chi connectivity index (χ1n) is 3.16. The first-order valence-corrected chi connectivity index (χ1v) is 4.65. The second-order valence-electron chi connectivity index (χ2n) is 2.14. The Balaban J connectivity index is 3.28. The van der Waals surface area contributed by atoms with Crippen LogP contribution in [-0.2, 0) is 10.0 Å². The van der Waals surface area contributed by atoms with Crippen molar-refractivity contribution in [2.24, 2.45) is 0 Å². The monoisotopic (exact) mass is 216 g/mol. The third-order valence-corrected chi connectivity index (χ3v) is 2.49. The molecule has 1 aromatic rings. The van der Waals surface area contributed by atoms with Crippen molar-refractivity contribution in [2.75, 3.05) is 0 Å². The van der Waals surface area contributed by atoms with Gasteiger partial charge in [0.1, 0.15) is 5.56 Å². The summed E-state index contributed by atoms with van der Waals surface area (Å²) in [6.45, 7) is 0. The van der Waals surface area contributed by atoms with Crippen LogP contribution in [0.3, 0.4) is 0 Å². The summed E-state index contributed by atoms with van der Waals surface area (Å²) in [4.78, 5) is 10.5. The predicted molar refractivity (Wildman–Crippen MR) is 41.5 cm³/mol. The molecule has 74 valence electrons. The number of hydrogen-bond donors (Lipinski definition) is 3. The van der Waals surface area contributed by atoms with Gasteiger partial charge in [0.25, 0.3) is 10.0 Å². The minimum Gasteiger partial charge on any atom is -0.478 e. The van der Waals surface area contributed by atoms with E-state index in [1.54, 1.807) is 0 Å². The van der Waals surface area contributed by atoms with Gasteiger partial charge in [0.2, 0.25) is 0 Å². The fraction of sp³-hybridized carbons (Fsp3) is 0. The number of nitrogens with zero attached hydrogens (tertiary/aromatic N) is 2. The molecular weight excluding hydrogens is 212 g/mol. The molecule has 0 fully saturated rings. The summed E-state index contributed by atoms with van der Waals surface area (Å²) in [7, 11) is -4.15. The molecule has 14 heavy (non-hydrogen) atoms. The number of carboxylic acid groups (broad SMARTS) is 1. The van der Waals surface area contributed by atoms with Crippen LogP contribution in [0.1, 0.15) is 10.4 Å². The SMILES string of the molecule is N#CNS(=O)(=O)c1[nH]ncc1C(=O)O. The quantitative estimate of drug-likeness (QED) is 0.432. The van der Waals surface area contributed by atoms with Crippen LogP contribution in [0, 0.1) is 11.5 Å². The lowest BCUT2D eigenvalue weighted by molar-refractivity contribution is 0.0692. The molecule has 0 radical (unpaired) electrons. The molecule has 0 saturated carbocycles. The van der Waals surface area contributed by atoms with Crippen LogP contribution in [0.5, 0.6) is 0 Å². The largest absolute Gasteiger partial charge is 0.478 e. The first-order chi connectivity index (χ1) is 6.49. The molecule has 1 aromatic heterocycles. The number of H-pyrrole nitrogens is 1. The molecule has 1 rings (SSSR count).